The number of amides is 2. The Hall–Kier alpha value is -2.76. The summed E-state index contributed by atoms with van der Waals surface area (Å²) in [6, 6.07) is 5.93. The molecule has 0 unspecified atom stereocenters. The van der Waals surface area contributed by atoms with Crippen LogP contribution < -0.4 is 0 Å². The van der Waals surface area contributed by atoms with Gasteiger partial charge in [-0.15, -0.1) is 0 Å². The first-order chi connectivity index (χ1) is 12.9. The second-order valence-electron chi connectivity index (χ2n) is 7.62. The molecule has 140 valence electrons. The van der Waals surface area contributed by atoms with E-state index in [0.29, 0.717) is 5.56 Å². The Bertz CT molecular complexity index is 826. The fourth-order valence-corrected chi connectivity index (χ4v) is 4.49. The highest BCUT2D eigenvalue weighted by Gasteiger charge is 2.60. The molecule has 6 heteroatoms. The zero-order chi connectivity index (χ0) is 19.3. The van der Waals surface area contributed by atoms with Crippen molar-refractivity contribution < 1.29 is 23.9 Å². The molecule has 5 atom stereocenters. The molecule has 1 aliphatic heterocycles. The maximum Gasteiger partial charge on any atom is 0.329 e. The van der Waals surface area contributed by atoms with Crippen LogP contribution in [0.25, 0.3) is 0 Å². The van der Waals surface area contributed by atoms with Gasteiger partial charge in [-0.1, -0.05) is 42.0 Å². The number of Topliss-reactive ketones (excluding diaryl/α,β-unsaturated/α-hetero) is 1. The van der Waals surface area contributed by atoms with Gasteiger partial charge < -0.3 is 4.74 Å². The van der Waals surface area contributed by atoms with Gasteiger partial charge in [0.1, 0.15) is 6.04 Å². The summed E-state index contributed by atoms with van der Waals surface area (Å²) in [7, 11) is 0. The lowest BCUT2D eigenvalue weighted by Crippen LogP contribution is -2.45. The topological polar surface area (TPSA) is 80.8 Å². The van der Waals surface area contributed by atoms with Crippen molar-refractivity contribution in [1.29, 1.82) is 0 Å². The summed E-state index contributed by atoms with van der Waals surface area (Å²) in [6.45, 7) is 2.98. The third-order valence-corrected chi connectivity index (χ3v) is 5.95. The molecule has 4 rings (SSSR count). The van der Waals surface area contributed by atoms with E-state index in [0.717, 1.165) is 16.9 Å². The number of carbonyl (C=O) groups excluding carboxylic acids is 4. The summed E-state index contributed by atoms with van der Waals surface area (Å²) >= 11 is 0. The summed E-state index contributed by atoms with van der Waals surface area (Å²) < 4.78 is 5.10. The van der Waals surface area contributed by atoms with Gasteiger partial charge in [-0.3, -0.25) is 19.3 Å². The van der Waals surface area contributed by atoms with Crippen molar-refractivity contribution >= 4 is 23.6 Å². The standard InChI is InChI=1S/C21H21NO5/c1-11-3-5-13(6-4-11)16(23)10-27-21(26)12(2)22-19(24)17-14-7-8-15(9-14)18(17)20(22)25/h3-8,12,14-15,17-18H,9-10H2,1-2H3/t12-,14-,15+,17+,18-/m1/s1. The largest absolute Gasteiger partial charge is 0.456 e. The third-order valence-electron chi connectivity index (χ3n) is 5.95. The van der Waals surface area contributed by atoms with Crippen LogP contribution in [0.4, 0.5) is 0 Å². The first kappa shape index (κ1) is 17.6. The molecule has 0 N–H and O–H groups in total. The normalized spacial score (nSPS) is 29.2. The smallest absolute Gasteiger partial charge is 0.329 e. The molecule has 2 aliphatic carbocycles. The second kappa shape index (κ2) is 6.44. The average Bonchev–Trinajstić information content (AvgIpc) is 3.33. The number of imide groups is 1. The average molecular weight is 367 g/mol. The van der Waals surface area contributed by atoms with Crippen molar-refractivity contribution in [2.45, 2.75) is 26.3 Å². The van der Waals surface area contributed by atoms with Gasteiger partial charge in [0.25, 0.3) is 0 Å². The van der Waals surface area contributed by atoms with E-state index in [-0.39, 0.29) is 41.3 Å². The predicted molar refractivity (Wildman–Crippen MR) is 95.5 cm³/mol. The number of rotatable bonds is 5. The monoisotopic (exact) mass is 367 g/mol. The molecular weight excluding hydrogens is 346 g/mol. The summed E-state index contributed by atoms with van der Waals surface area (Å²) in [5.74, 6) is -2.17. The second-order valence-corrected chi connectivity index (χ2v) is 7.62. The van der Waals surface area contributed by atoms with E-state index in [9.17, 15) is 19.2 Å². The molecule has 3 aliphatic rings. The minimum atomic E-state index is -1.03. The number of esters is 1. The number of hydrogen-bond acceptors (Lipinski definition) is 5. The minimum absolute atomic E-state index is 0.0905. The highest BCUT2D eigenvalue weighted by Crippen LogP contribution is 2.52. The summed E-state index contributed by atoms with van der Waals surface area (Å²) in [6.07, 6.45) is 4.85. The highest BCUT2D eigenvalue weighted by atomic mass is 16.5. The Morgan fingerprint density at radius 3 is 2.19 bits per heavy atom. The van der Waals surface area contributed by atoms with Crippen molar-refractivity contribution in [3.63, 3.8) is 0 Å². The van der Waals surface area contributed by atoms with Gasteiger partial charge in [0.05, 0.1) is 11.8 Å². The van der Waals surface area contributed by atoms with E-state index in [4.69, 9.17) is 4.74 Å². The molecule has 27 heavy (non-hydrogen) atoms. The molecule has 2 amide bonds. The number of likely N-dealkylation sites (tertiary alicyclic amines) is 1. The van der Waals surface area contributed by atoms with Gasteiger partial charge in [0.15, 0.2) is 12.4 Å². The van der Waals surface area contributed by atoms with E-state index < -0.39 is 18.6 Å². The number of allylic oxidation sites excluding steroid dienone is 2. The molecule has 0 radical (unpaired) electrons. The molecule has 1 saturated heterocycles. The predicted octanol–water partition coefficient (Wildman–Crippen LogP) is 1.92. The van der Waals surface area contributed by atoms with E-state index in [1.807, 2.05) is 19.1 Å². The summed E-state index contributed by atoms with van der Waals surface area (Å²) in [5, 5.41) is 0. The van der Waals surface area contributed by atoms with Crippen LogP contribution in [0.15, 0.2) is 36.4 Å². The zero-order valence-electron chi connectivity index (χ0n) is 15.3. The Kier molecular flexibility index (Phi) is 4.21. The maximum absolute atomic E-state index is 12.7. The number of ketones is 1. The number of benzene rings is 1. The summed E-state index contributed by atoms with van der Waals surface area (Å²) in [4.78, 5) is 51.0. The lowest BCUT2D eigenvalue weighted by Gasteiger charge is -2.23. The summed E-state index contributed by atoms with van der Waals surface area (Å²) in [5.41, 5.74) is 1.48. The number of ether oxygens (including phenoxy) is 1. The Balaban J connectivity index is 1.39. The van der Waals surface area contributed by atoms with E-state index in [1.54, 1.807) is 24.3 Å². The van der Waals surface area contributed by atoms with Crippen molar-refractivity contribution in [1.82, 2.24) is 4.90 Å². The fourth-order valence-electron chi connectivity index (χ4n) is 4.49. The lowest BCUT2D eigenvalue weighted by molar-refractivity contribution is -0.157. The molecule has 1 aromatic carbocycles. The van der Waals surface area contributed by atoms with Gasteiger partial charge in [0.2, 0.25) is 11.8 Å². The van der Waals surface area contributed by atoms with Crippen LogP contribution in [-0.2, 0) is 19.1 Å². The Labute approximate surface area is 157 Å². The van der Waals surface area contributed by atoms with Gasteiger partial charge in [-0.2, -0.15) is 0 Å². The fraction of sp³-hybridized carbons (Fsp3) is 0.429. The van der Waals surface area contributed by atoms with Gasteiger partial charge in [0, 0.05) is 5.56 Å². The first-order valence-corrected chi connectivity index (χ1v) is 9.20. The van der Waals surface area contributed by atoms with Crippen LogP contribution >= 0.6 is 0 Å². The SMILES string of the molecule is Cc1ccc(C(=O)COC(=O)[C@@H](C)N2C(=O)[C@@H]3[C@H](C2=O)[C@H]2C=C[C@@H]3C2)cc1. The molecule has 6 nitrogen and oxygen atoms in total. The number of nitrogens with zero attached hydrogens (tertiary/aromatic N) is 1. The molecule has 2 fully saturated rings. The molecule has 1 heterocycles. The quantitative estimate of drug-likeness (QED) is 0.344. The van der Waals surface area contributed by atoms with Crippen LogP contribution in [0, 0.1) is 30.6 Å². The lowest BCUT2D eigenvalue weighted by atomic mass is 9.85. The number of hydrogen-bond donors (Lipinski definition) is 0. The number of fused-ring (bicyclic) bond motifs is 5. The van der Waals surface area contributed by atoms with Crippen molar-refractivity contribution in [2.75, 3.05) is 6.61 Å². The maximum atomic E-state index is 12.7. The molecule has 1 aromatic rings. The van der Waals surface area contributed by atoms with Crippen molar-refractivity contribution in [3.05, 3.63) is 47.5 Å². The minimum Gasteiger partial charge on any atom is -0.456 e. The van der Waals surface area contributed by atoms with E-state index in [1.165, 1.54) is 6.92 Å². The zero-order valence-corrected chi connectivity index (χ0v) is 15.3. The van der Waals surface area contributed by atoms with Gasteiger partial charge in [-0.25, -0.2) is 4.79 Å². The third kappa shape index (κ3) is 2.80. The molecule has 0 aromatic heterocycles. The number of aryl methyl sites for hydroxylation is 1. The van der Waals surface area contributed by atoms with Crippen LogP contribution in [0.3, 0.4) is 0 Å². The van der Waals surface area contributed by atoms with Gasteiger partial charge >= 0.3 is 5.97 Å². The molecule has 1 saturated carbocycles. The molecular formula is C21H21NO5. The van der Waals surface area contributed by atoms with Crippen LogP contribution in [-0.4, -0.2) is 41.1 Å². The number of carbonyl (C=O) groups is 4. The Morgan fingerprint density at radius 2 is 1.63 bits per heavy atom. The van der Waals surface area contributed by atoms with Crippen molar-refractivity contribution in [2.24, 2.45) is 23.7 Å². The van der Waals surface area contributed by atoms with Crippen molar-refractivity contribution in [3.8, 4) is 0 Å². The Morgan fingerprint density at radius 1 is 1.07 bits per heavy atom. The van der Waals surface area contributed by atoms with Crippen LogP contribution in [0.1, 0.15) is 29.3 Å². The van der Waals surface area contributed by atoms with Crippen LogP contribution in [0.2, 0.25) is 0 Å². The molecule has 2 bridgehead atoms. The van der Waals surface area contributed by atoms with Crippen LogP contribution in [0.5, 0.6) is 0 Å². The van der Waals surface area contributed by atoms with Gasteiger partial charge in [-0.05, 0) is 32.1 Å². The highest BCUT2D eigenvalue weighted by molar-refractivity contribution is 6.09. The van der Waals surface area contributed by atoms with E-state index in [2.05, 4.69) is 0 Å². The molecule has 0 spiro atoms. The van der Waals surface area contributed by atoms with E-state index >= 15 is 0 Å². The first-order valence-electron chi connectivity index (χ1n) is 9.20.